The van der Waals surface area contributed by atoms with Gasteiger partial charge in [-0.2, -0.15) is 0 Å². The standard InChI is InChI=1S/C25H24N2O/c1-17-21-13-12-19-16-26-24(18-8-4-2-5-9-18)27-23(19)25(21,15-14-22(17)28)20-10-6-3-7-11-20/h2-11,16-17,21H,12-15H2,1H3/t17-,21-,25+/m0/s1. The molecule has 2 aromatic carbocycles. The minimum Gasteiger partial charge on any atom is -0.299 e. The Morgan fingerprint density at radius 3 is 2.43 bits per heavy atom. The van der Waals surface area contributed by atoms with Crippen molar-refractivity contribution < 1.29 is 4.79 Å². The zero-order chi connectivity index (χ0) is 19.1. The first-order valence-corrected chi connectivity index (χ1v) is 10.2. The van der Waals surface area contributed by atoms with E-state index < -0.39 is 0 Å². The molecule has 0 bridgehead atoms. The van der Waals surface area contributed by atoms with Gasteiger partial charge >= 0.3 is 0 Å². The van der Waals surface area contributed by atoms with Crippen LogP contribution in [0, 0.1) is 11.8 Å². The molecular formula is C25H24N2O. The van der Waals surface area contributed by atoms with Crippen molar-refractivity contribution in [3.63, 3.8) is 0 Å². The lowest BCUT2D eigenvalue weighted by atomic mass is 9.53. The molecule has 1 saturated carbocycles. The molecule has 0 radical (unpaired) electrons. The summed E-state index contributed by atoms with van der Waals surface area (Å²) < 4.78 is 0. The van der Waals surface area contributed by atoms with E-state index in [0.717, 1.165) is 36.3 Å². The predicted octanol–water partition coefficient (Wildman–Crippen LogP) is 4.99. The van der Waals surface area contributed by atoms with Gasteiger partial charge in [-0.3, -0.25) is 4.79 Å². The molecule has 2 aliphatic carbocycles. The maximum absolute atomic E-state index is 12.6. The second-order valence-electron chi connectivity index (χ2n) is 8.17. The van der Waals surface area contributed by atoms with E-state index in [1.54, 1.807) is 0 Å². The largest absolute Gasteiger partial charge is 0.299 e. The summed E-state index contributed by atoms with van der Waals surface area (Å²) in [6.45, 7) is 2.12. The van der Waals surface area contributed by atoms with Crippen LogP contribution in [0.1, 0.15) is 43.0 Å². The van der Waals surface area contributed by atoms with E-state index in [9.17, 15) is 4.79 Å². The molecule has 0 spiro atoms. The highest BCUT2D eigenvalue weighted by Gasteiger charge is 2.53. The first-order valence-electron chi connectivity index (χ1n) is 10.2. The fraction of sp³-hybridized carbons (Fsp3) is 0.320. The highest BCUT2D eigenvalue weighted by atomic mass is 16.1. The summed E-state index contributed by atoms with van der Waals surface area (Å²) in [5, 5.41) is 0. The van der Waals surface area contributed by atoms with Crippen LogP contribution in [0.25, 0.3) is 11.4 Å². The van der Waals surface area contributed by atoms with Crippen LogP contribution in [0.5, 0.6) is 0 Å². The molecular weight excluding hydrogens is 344 g/mol. The SMILES string of the molecule is C[C@@H]1C(=O)CC[C@]2(c3ccccc3)c3nc(-c4ccccc4)ncc3CC[C@@H]12. The number of hydrogen-bond acceptors (Lipinski definition) is 3. The van der Waals surface area contributed by atoms with Crippen molar-refractivity contribution in [2.75, 3.05) is 0 Å². The van der Waals surface area contributed by atoms with Crippen molar-refractivity contribution >= 4 is 5.78 Å². The Kier molecular flexibility index (Phi) is 4.12. The molecule has 3 nitrogen and oxygen atoms in total. The molecule has 1 heterocycles. The Morgan fingerprint density at radius 2 is 1.68 bits per heavy atom. The van der Waals surface area contributed by atoms with Crippen molar-refractivity contribution in [3.05, 3.63) is 83.7 Å². The van der Waals surface area contributed by atoms with Crippen LogP contribution in [0.4, 0.5) is 0 Å². The Hall–Kier alpha value is -2.81. The third-order valence-electron chi connectivity index (χ3n) is 6.84. The van der Waals surface area contributed by atoms with Crippen LogP contribution in [0.2, 0.25) is 0 Å². The molecule has 3 heteroatoms. The minimum absolute atomic E-state index is 0.0669. The van der Waals surface area contributed by atoms with Crippen molar-refractivity contribution in [1.29, 1.82) is 0 Å². The summed E-state index contributed by atoms with van der Waals surface area (Å²) in [5.74, 6) is 1.54. The van der Waals surface area contributed by atoms with Crippen LogP contribution in [-0.2, 0) is 16.6 Å². The maximum Gasteiger partial charge on any atom is 0.159 e. The zero-order valence-corrected chi connectivity index (χ0v) is 16.1. The minimum atomic E-state index is -0.200. The molecule has 140 valence electrons. The van der Waals surface area contributed by atoms with Crippen molar-refractivity contribution in [2.45, 2.75) is 38.0 Å². The summed E-state index contributed by atoms with van der Waals surface area (Å²) in [6, 6.07) is 20.9. The fourth-order valence-electron chi connectivity index (χ4n) is 5.42. The summed E-state index contributed by atoms with van der Waals surface area (Å²) in [6.07, 6.45) is 5.44. The lowest BCUT2D eigenvalue weighted by molar-refractivity contribution is -0.128. The van der Waals surface area contributed by atoms with Gasteiger partial charge in [0.1, 0.15) is 5.78 Å². The van der Waals surface area contributed by atoms with Gasteiger partial charge in [-0.15, -0.1) is 0 Å². The molecule has 3 atom stereocenters. The molecule has 0 amide bonds. The van der Waals surface area contributed by atoms with Crippen molar-refractivity contribution in [3.8, 4) is 11.4 Å². The highest BCUT2D eigenvalue weighted by molar-refractivity contribution is 5.83. The second-order valence-corrected chi connectivity index (χ2v) is 8.17. The Labute approximate surface area is 165 Å². The Bertz CT molecular complexity index is 1020. The Morgan fingerprint density at radius 1 is 0.964 bits per heavy atom. The average molecular weight is 368 g/mol. The summed E-state index contributed by atoms with van der Waals surface area (Å²) in [7, 11) is 0. The first kappa shape index (κ1) is 17.3. The summed E-state index contributed by atoms with van der Waals surface area (Å²) >= 11 is 0. The van der Waals surface area contributed by atoms with Crippen molar-refractivity contribution in [2.24, 2.45) is 11.8 Å². The van der Waals surface area contributed by atoms with Gasteiger partial charge in [-0.05, 0) is 36.3 Å². The van der Waals surface area contributed by atoms with E-state index in [4.69, 9.17) is 4.98 Å². The normalized spacial score (nSPS) is 26.4. The molecule has 3 aromatic rings. The number of rotatable bonds is 2. The van der Waals surface area contributed by atoms with E-state index in [-0.39, 0.29) is 11.3 Å². The summed E-state index contributed by atoms with van der Waals surface area (Å²) in [5.41, 5.74) is 4.51. The highest BCUT2D eigenvalue weighted by Crippen LogP contribution is 2.54. The number of ketones is 1. The van der Waals surface area contributed by atoms with Crippen LogP contribution < -0.4 is 0 Å². The van der Waals surface area contributed by atoms with Gasteiger partial charge in [0.25, 0.3) is 0 Å². The fourth-order valence-corrected chi connectivity index (χ4v) is 5.42. The smallest absolute Gasteiger partial charge is 0.159 e. The number of aryl methyl sites for hydroxylation is 1. The maximum atomic E-state index is 12.6. The van der Waals surface area contributed by atoms with Gasteiger partial charge in [-0.1, -0.05) is 67.6 Å². The molecule has 1 aromatic heterocycles. The number of carbonyl (C=O) groups excluding carboxylic acids is 1. The molecule has 0 aliphatic heterocycles. The van der Waals surface area contributed by atoms with Gasteiger partial charge in [0.2, 0.25) is 0 Å². The number of fused-ring (bicyclic) bond motifs is 3. The van der Waals surface area contributed by atoms with Gasteiger partial charge in [0, 0.05) is 29.5 Å². The van der Waals surface area contributed by atoms with Crippen molar-refractivity contribution in [1.82, 2.24) is 9.97 Å². The number of benzene rings is 2. The average Bonchev–Trinajstić information content (AvgIpc) is 2.77. The quantitative estimate of drug-likeness (QED) is 0.640. The Balaban J connectivity index is 1.74. The van der Waals surface area contributed by atoms with E-state index in [1.165, 1.54) is 11.1 Å². The van der Waals surface area contributed by atoms with Gasteiger partial charge in [0.05, 0.1) is 5.69 Å². The van der Waals surface area contributed by atoms with Gasteiger partial charge in [0.15, 0.2) is 5.82 Å². The van der Waals surface area contributed by atoms with Crippen LogP contribution in [0.3, 0.4) is 0 Å². The molecule has 2 aliphatic rings. The lowest BCUT2D eigenvalue weighted by Gasteiger charge is -2.50. The number of hydrogen-bond donors (Lipinski definition) is 0. The second kappa shape index (κ2) is 6.66. The zero-order valence-electron chi connectivity index (χ0n) is 16.1. The van der Waals surface area contributed by atoms with E-state index in [2.05, 4.69) is 54.4 Å². The summed E-state index contributed by atoms with van der Waals surface area (Å²) in [4.78, 5) is 22.4. The monoisotopic (exact) mass is 368 g/mol. The third-order valence-corrected chi connectivity index (χ3v) is 6.84. The molecule has 5 rings (SSSR count). The van der Waals surface area contributed by atoms with Crippen LogP contribution in [0.15, 0.2) is 66.9 Å². The third kappa shape index (κ3) is 2.53. The molecule has 0 unspecified atom stereocenters. The number of nitrogens with zero attached hydrogens (tertiary/aromatic N) is 2. The molecule has 1 fully saturated rings. The molecule has 0 saturated heterocycles. The first-order chi connectivity index (χ1) is 13.7. The topological polar surface area (TPSA) is 42.9 Å². The number of aromatic nitrogens is 2. The number of Topliss-reactive ketones (excluding diaryl/α,β-unsaturated/α-hetero) is 1. The van der Waals surface area contributed by atoms with Gasteiger partial charge < -0.3 is 0 Å². The van der Waals surface area contributed by atoms with E-state index in [1.807, 2.05) is 24.4 Å². The molecule has 0 N–H and O–H groups in total. The van der Waals surface area contributed by atoms with Crippen LogP contribution in [-0.4, -0.2) is 15.8 Å². The van der Waals surface area contributed by atoms with Crippen LogP contribution >= 0.6 is 0 Å². The van der Waals surface area contributed by atoms with E-state index >= 15 is 0 Å². The van der Waals surface area contributed by atoms with Gasteiger partial charge in [-0.25, -0.2) is 9.97 Å². The molecule has 28 heavy (non-hydrogen) atoms. The predicted molar refractivity (Wildman–Crippen MR) is 110 cm³/mol. The van der Waals surface area contributed by atoms with E-state index in [0.29, 0.717) is 18.1 Å². The lowest BCUT2D eigenvalue weighted by Crippen LogP contribution is -2.50. The number of carbonyl (C=O) groups is 1.